The molecule has 8 heteroatoms. The molecule has 3 aromatic carbocycles. The Morgan fingerprint density at radius 3 is 2.44 bits per heavy atom. The van der Waals surface area contributed by atoms with Crippen molar-refractivity contribution in [3.63, 3.8) is 0 Å². The van der Waals surface area contributed by atoms with Crippen molar-refractivity contribution in [3.8, 4) is 22.8 Å². The van der Waals surface area contributed by atoms with Gasteiger partial charge >= 0.3 is 0 Å². The quantitative estimate of drug-likeness (QED) is 0.456. The molecule has 2 heterocycles. The number of ether oxygens (including phenoxy) is 2. The molecule has 1 aromatic heterocycles. The number of sulfone groups is 1. The molecule has 4 aromatic rings. The second-order valence-corrected chi connectivity index (χ2v) is 9.93. The number of amides is 1. The van der Waals surface area contributed by atoms with Crippen molar-refractivity contribution in [2.75, 3.05) is 25.5 Å². The molecule has 1 aliphatic heterocycles. The molecular weight excluding hydrogens is 452 g/mol. The number of hydrogen-bond donors (Lipinski definition) is 1. The largest absolute Gasteiger partial charge is 0.486 e. The van der Waals surface area contributed by atoms with Crippen LogP contribution >= 0.6 is 0 Å². The van der Waals surface area contributed by atoms with Gasteiger partial charge in [-0.2, -0.15) is 0 Å². The number of benzene rings is 3. The van der Waals surface area contributed by atoms with Crippen LogP contribution in [0.2, 0.25) is 0 Å². The van der Waals surface area contributed by atoms with Crippen LogP contribution in [0.25, 0.3) is 22.2 Å². The third-order valence-corrected chi connectivity index (χ3v) is 7.29. The topological polar surface area (TPSA) is 94.6 Å². The Morgan fingerprint density at radius 1 is 0.882 bits per heavy atom. The van der Waals surface area contributed by atoms with Gasteiger partial charge in [-0.3, -0.25) is 4.79 Å². The fraction of sp³-hybridized carbons (Fsp3) is 0.154. The number of para-hydroxylation sites is 1. The summed E-state index contributed by atoms with van der Waals surface area (Å²) in [6.45, 7) is 0.970. The predicted molar refractivity (Wildman–Crippen MR) is 129 cm³/mol. The number of aromatic nitrogens is 1. The van der Waals surface area contributed by atoms with E-state index in [1.807, 2.05) is 42.5 Å². The van der Waals surface area contributed by atoms with E-state index in [4.69, 9.17) is 14.5 Å². The van der Waals surface area contributed by atoms with Gasteiger partial charge in [0.2, 0.25) is 0 Å². The number of pyridine rings is 1. The lowest BCUT2D eigenvalue weighted by Crippen LogP contribution is -2.29. The SMILES string of the molecule is O=C(NCCS(=O)(=O)c1ccccc1)c1cc(-c2ccc3c(c2)OCCO3)nc2ccccc12. The van der Waals surface area contributed by atoms with E-state index in [9.17, 15) is 13.2 Å². The molecule has 0 unspecified atom stereocenters. The average molecular weight is 475 g/mol. The molecule has 0 radical (unpaired) electrons. The first kappa shape index (κ1) is 21.9. The summed E-state index contributed by atoms with van der Waals surface area (Å²) in [5.74, 6) is 0.755. The highest BCUT2D eigenvalue weighted by Gasteiger charge is 2.18. The molecule has 34 heavy (non-hydrogen) atoms. The molecule has 1 amide bonds. The van der Waals surface area contributed by atoms with E-state index in [2.05, 4.69) is 5.32 Å². The Morgan fingerprint density at radius 2 is 1.62 bits per heavy atom. The first-order chi connectivity index (χ1) is 16.5. The van der Waals surface area contributed by atoms with Crippen LogP contribution in [-0.2, 0) is 9.84 Å². The minimum absolute atomic E-state index is 0.00787. The minimum Gasteiger partial charge on any atom is -0.486 e. The Hall–Kier alpha value is -3.91. The van der Waals surface area contributed by atoms with Gasteiger partial charge in [-0.05, 0) is 42.5 Å². The van der Waals surface area contributed by atoms with Crippen molar-refractivity contribution in [2.45, 2.75) is 4.90 Å². The lowest BCUT2D eigenvalue weighted by atomic mass is 10.0. The lowest BCUT2D eigenvalue weighted by molar-refractivity contribution is 0.0957. The molecule has 0 bridgehead atoms. The standard InChI is InChI=1S/C26H22N2O5S/c29-26(27-12-15-34(30,31)19-6-2-1-3-7-19)21-17-23(28-22-9-5-4-8-20(21)22)18-10-11-24-25(16-18)33-14-13-32-24/h1-11,16-17H,12-15H2,(H,27,29). The Balaban J connectivity index is 1.42. The van der Waals surface area contributed by atoms with Gasteiger partial charge in [0.15, 0.2) is 21.3 Å². The van der Waals surface area contributed by atoms with Gasteiger partial charge in [0, 0.05) is 17.5 Å². The molecule has 0 saturated heterocycles. The van der Waals surface area contributed by atoms with Crippen LogP contribution in [-0.4, -0.2) is 44.8 Å². The zero-order valence-electron chi connectivity index (χ0n) is 18.2. The van der Waals surface area contributed by atoms with Crippen molar-refractivity contribution in [1.29, 1.82) is 0 Å². The van der Waals surface area contributed by atoms with Gasteiger partial charge in [0.1, 0.15) is 13.2 Å². The zero-order valence-corrected chi connectivity index (χ0v) is 19.0. The van der Waals surface area contributed by atoms with Crippen LogP contribution in [0.3, 0.4) is 0 Å². The third-order valence-electron chi connectivity index (χ3n) is 5.56. The summed E-state index contributed by atoms with van der Waals surface area (Å²) in [7, 11) is -3.49. The van der Waals surface area contributed by atoms with Crippen LogP contribution in [0.5, 0.6) is 11.5 Å². The molecule has 5 rings (SSSR count). The van der Waals surface area contributed by atoms with Crippen molar-refractivity contribution < 1.29 is 22.7 Å². The highest BCUT2D eigenvalue weighted by molar-refractivity contribution is 7.91. The molecule has 0 spiro atoms. The summed E-state index contributed by atoms with van der Waals surface area (Å²) in [6.07, 6.45) is 0. The molecule has 1 N–H and O–H groups in total. The molecular formula is C26H22N2O5S. The van der Waals surface area contributed by atoms with Crippen LogP contribution in [0.4, 0.5) is 0 Å². The first-order valence-corrected chi connectivity index (χ1v) is 12.5. The summed E-state index contributed by atoms with van der Waals surface area (Å²) >= 11 is 0. The molecule has 0 atom stereocenters. The molecule has 0 aliphatic carbocycles. The van der Waals surface area contributed by atoms with E-state index >= 15 is 0 Å². The minimum atomic E-state index is -3.49. The van der Waals surface area contributed by atoms with Crippen LogP contribution in [0.15, 0.2) is 83.8 Å². The number of rotatable bonds is 6. The fourth-order valence-electron chi connectivity index (χ4n) is 3.85. The number of hydrogen-bond acceptors (Lipinski definition) is 6. The van der Waals surface area contributed by atoms with Crippen LogP contribution in [0.1, 0.15) is 10.4 Å². The number of carbonyl (C=O) groups is 1. The first-order valence-electron chi connectivity index (χ1n) is 10.9. The van der Waals surface area contributed by atoms with E-state index in [1.54, 1.807) is 36.4 Å². The van der Waals surface area contributed by atoms with E-state index in [0.29, 0.717) is 46.9 Å². The van der Waals surface area contributed by atoms with Gasteiger partial charge in [0.25, 0.3) is 5.91 Å². The number of nitrogens with zero attached hydrogens (tertiary/aromatic N) is 1. The van der Waals surface area contributed by atoms with E-state index in [-0.39, 0.29) is 23.1 Å². The predicted octanol–water partition coefficient (Wildman–Crippen LogP) is 3.88. The maximum atomic E-state index is 13.1. The highest BCUT2D eigenvalue weighted by atomic mass is 32.2. The van der Waals surface area contributed by atoms with Crippen LogP contribution < -0.4 is 14.8 Å². The second kappa shape index (κ2) is 9.15. The summed E-state index contributed by atoms with van der Waals surface area (Å²) in [4.78, 5) is 18.1. The summed E-state index contributed by atoms with van der Waals surface area (Å²) in [6, 6.07) is 22.8. The van der Waals surface area contributed by atoms with Crippen molar-refractivity contribution in [3.05, 3.63) is 84.4 Å². The molecule has 0 saturated carbocycles. The second-order valence-electron chi connectivity index (χ2n) is 7.82. The average Bonchev–Trinajstić information content (AvgIpc) is 2.88. The van der Waals surface area contributed by atoms with Crippen molar-refractivity contribution >= 4 is 26.6 Å². The van der Waals surface area contributed by atoms with E-state index in [0.717, 1.165) is 5.56 Å². The third kappa shape index (κ3) is 4.45. The molecule has 7 nitrogen and oxygen atoms in total. The van der Waals surface area contributed by atoms with Crippen molar-refractivity contribution in [2.24, 2.45) is 0 Å². The highest BCUT2D eigenvalue weighted by Crippen LogP contribution is 2.35. The Labute approximate surface area is 197 Å². The maximum absolute atomic E-state index is 13.1. The monoisotopic (exact) mass is 474 g/mol. The summed E-state index contributed by atoms with van der Waals surface area (Å²) in [5.41, 5.74) is 2.48. The van der Waals surface area contributed by atoms with Gasteiger partial charge < -0.3 is 14.8 Å². The normalized spacial score (nSPS) is 12.9. The maximum Gasteiger partial charge on any atom is 0.252 e. The van der Waals surface area contributed by atoms with Gasteiger partial charge in [0.05, 0.1) is 27.4 Å². The molecule has 172 valence electrons. The van der Waals surface area contributed by atoms with E-state index < -0.39 is 9.84 Å². The fourth-order valence-corrected chi connectivity index (χ4v) is 5.03. The number of fused-ring (bicyclic) bond motifs is 2. The number of carbonyl (C=O) groups excluding carboxylic acids is 1. The molecule has 1 aliphatic rings. The number of nitrogens with one attached hydrogen (secondary N) is 1. The Kier molecular flexibility index (Phi) is 5.90. The smallest absolute Gasteiger partial charge is 0.252 e. The summed E-state index contributed by atoms with van der Waals surface area (Å²) in [5, 5.41) is 3.44. The summed E-state index contributed by atoms with van der Waals surface area (Å²) < 4.78 is 36.3. The lowest BCUT2D eigenvalue weighted by Gasteiger charge is -2.19. The Bertz CT molecular complexity index is 1470. The zero-order chi connectivity index (χ0) is 23.5. The van der Waals surface area contributed by atoms with E-state index in [1.165, 1.54) is 0 Å². The van der Waals surface area contributed by atoms with Crippen molar-refractivity contribution in [1.82, 2.24) is 10.3 Å². The molecule has 0 fully saturated rings. The van der Waals surface area contributed by atoms with Gasteiger partial charge in [-0.15, -0.1) is 0 Å². The van der Waals surface area contributed by atoms with Crippen LogP contribution in [0, 0.1) is 0 Å². The van der Waals surface area contributed by atoms with Gasteiger partial charge in [-0.1, -0.05) is 36.4 Å². The van der Waals surface area contributed by atoms with Gasteiger partial charge in [-0.25, -0.2) is 13.4 Å².